The molecule has 0 aliphatic carbocycles. The molecule has 4 nitrogen and oxygen atoms in total. The summed E-state index contributed by atoms with van der Waals surface area (Å²) in [7, 11) is 0. The first-order valence-corrected chi connectivity index (χ1v) is 11.1. The number of hydrogen-bond donors (Lipinski definition) is 1. The van der Waals surface area contributed by atoms with Gasteiger partial charge in [0, 0.05) is 16.0 Å². The molecule has 0 aliphatic rings. The molecule has 0 radical (unpaired) electrons. The van der Waals surface area contributed by atoms with E-state index in [1.165, 1.54) is 23.1 Å². The summed E-state index contributed by atoms with van der Waals surface area (Å²) >= 11 is 2.77. The van der Waals surface area contributed by atoms with Crippen LogP contribution in [0.5, 0.6) is 0 Å². The lowest BCUT2D eigenvalue weighted by Gasteiger charge is -2.05. The van der Waals surface area contributed by atoms with Gasteiger partial charge in [-0.05, 0) is 43.5 Å². The molecular weight excluding hydrogens is 400 g/mol. The highest BCUT2D eigenvalue weighted by Crippen LogP contribution is 2.35. The van der Waals surface area contributed by atoms with Gasteiger partial charge in [0.25, 0.3) is 5.56 Å². The summed E-state index contributed by atoms with van der Waals surface area (Å²) in [5, 5.41) is 1.09. The van der Waals surface area contributed by atoms with Crippen LogP contribution in [0, 0.1) is 20.8 Å². The number of fused-ring (bicyclic) bond motifs is 1. The van der Waals surface area contributed by atoms with Gasteiger partial charge in [-0.1, -0.05) is 54.2 Å². The Labute approximate surface area is 177 Å². The zero-order chi connectivity index (χ0) is 20.5. The fraction of sp³-hybridized carbons (Fsp3) is 0.174. The van der Waals surface area contributed by atoms with E-state index in [4.69, 9.17) is 0 Å². The molecule has 0 bridgehead atoms. The molecule has 146 valence electrons. The third-order valence-electron chi connectivity index (χ3n) is 4.95. The first-order chi connectivity index (χ1) is 13.9. The number of carbonyl (C=O) groups is 1. The summed E-state index contributed by atoms with van der Waals surface area (Å²) in [4.78, 5) is 34.6. The van der Waals surface area contributed by atoms with Gasteiger partial charge in [-0.25, -0.2) is 4.98 Å². The van der Waals surface area contributed by atoms with Crippen LogP contribution in [0.1, 0.15) is 26.4 Å². The van der Waals surface area contributed by atoms with Crippen molar-refractivity contribution in [3.05, 3.63) is 80.5 Å². The van der Waals surface area contributed by atoms with E-state index in [1.807, 2.05) is 69.3 Å². The Morgan fingerprint density at radius 2 is 1.83 bits per heavy atom. The van der Waals surface area contributed by atoms with Gasteiger partial charge in [0.15, 0.2) is 10.9 Å². The molecule has 2 aromatic heterocycles. The van der Waals surface area contributed by atoms with Crippen molar-refractivity contribution >= 4 is 39.1 Å². The van der Waals surface area contributed by atoms with Crippen molar-refractivity contribution in [2.24, 2.45) is 0 Å². The Morgan fingerprint density at radius 3 is 2.55 bits per heavy atom. The molecule has 0 atom stereocenters. The Morgan fingerprint density at radius 1 is 1.07 bits per heavy atom. The van der Waals surface area contributed by atoms with Gasteiger partial charge >= 0.3 is 0 Å². The lowest BCUT2D eigenvalue weighted by molar-refractivity contribution is 0.102. The quantitative estimate of drug-likeness (QED) is 0.261. The minimum Gasteiger partial charge on any atom is -0.301 e. The van der Waals surface area contributed by atoms with Crippen LogP contribution in [0.15, 0.2) is 58.5 Å². The van der Waals surface area contributed by atoms with Gasteiger partial charge in [0.2, 0.25) is 0 Å². The maximum absolute atomic E-state index is 12.8. The number of aromatic nitrogens is 2. The number of benzene rings is 2. The van der Waals surface area contributed by atoms with Crippen molar-refractivity contribution in [2.45, 2.75) is 25.9 Å². The van der Waals surface area contributed by atoms with Crippen LogP contribution >= 0.6 is 23.1 Å². The van der Waals surface area contributed by atoms with Gasteiger partial charge in [0.1, 0.15) is 4.83 Å². The predicted octanol–water partition coefficient (Wildman–Crippen LogP) is 5.55. The summed E-state index contributed by atoms with van der Waals surface area (Å²) in [5.41, 5.74) is 4.71. The van der Waals surface area contributed by atoms with Crippen LogP contribution in [0.25, 0.3) is 21.3 Å². The summed E-state index contributed by atoms with van der Waals surface area (Å²) in [5.74, 6) is 0.250. The number of thiophene rings is 1. The molecule has 4 aromatic rings. The van der Waals surface area contributed by atoms with E-state index in [0.29, 0.717) is 20.9 Å². The van der Waals surface area contributed by atoms with Crippen molar-refractivity contribution in [1.29, 1.82) is 0 Å². The van der Waals surface area contributed by atoms with Crippen molar-refractivity contribution in [3.8, 4) is 11.1 Å². The van der Waals surface area contributed by atoms with Gasteiger partial charge in [-0.3, -0.25) is 9.59 Å². The number of carbonyl (C=O) groups excluding carboxylic acids is 1. The average molecular weight is 421 g/mol. The van der Waals surface area contributed by atoms with Crippen molar-refractivity contribution in [1.82, 2.24) is 9.97 Å². The smallest absolute Gasteiger partial charge is 0.260 e. The van der Waals surface area contributed by atoms with Crippen molar-refractivity contribution in [2.75, 3.05) is 5.75 Å². The highest BCUT2D eigenvalue weighted by molar-refractivity contribution is 7.99. The fourth-order valence-electron chi connectivity index (χ4n) is 3.25. The molecular formula is C23H20N2O2S2. The molecule has 2 heterocycles. The third-order valence-corrected chi connectivity index (χ3v) is 6.82. The number of aryl methyl sites for hydroxylation is 3. The lowest BCUT2D eigenvalue weighted by Crippen LogP contribution is -2.10. The molecule has 0 amide bonds. The number of H-pyrrole nitrogens is 1. The largest absolute Gasteiger partial charge is 0.301 e. The lowest BCUT2D eigenvalue weighted by atomic mass is 10.0. The molecule has 6 heteroatoms. The SMILES string of the molecule is Cc1ccc(C(=O)CSc2nc3sc(C)c(-c4ccccc4)c3c(=O)[nH]2)cc1C. The van der Waals surface area contributed by atoms with E-state index in [9.17, 15) is 9.59 Å². The molecule has 0 spiro atoms. The summed E-state index contributed by atoms with van der Waals surface area (Å²) in [6.45, 7) is 6.02. The van der Waals surface area contributed by atoms with E-state index >= 15 is 0 Å². The number of nitrogens with one attached hydrogen (secondary N) is 1. The molecule has 0 fully saturated rings. The van der Waals surface area contributed by atoms with Crippen LogP contribution in [0.3, 0.4) is 0 Å². The van der Waals surface area contributed by atoms with Crippen LogP contribution in [0.2, 0.25) is 0 Å². The standard InChI is InChI=1S/C23H20N2O2S2/c1-13-9-10-17(11-14(13)2)18(26)12-28-23-24-21(27)20-19(15(3)29-22(20)25-23)16-7-5-4-6-8-16/h4-11H,12H2,1-3H3,(H,24,25,27). The van der Waals surface area contributed by atoms with Gasteiger partial charge in [-0.2, -0.15) is 0 Å². The van der Waals surface area contributed by atoms with Crippen LogP contribution in [0.4, 0.5) is 0 Å². The minimum atomic E-state index is -0.167. The molecule has 0 saturated carbocycles. The third kappa shape index (κ3) is 3.91. The Bertz CT molecular complexity index is 1270. The molecule has 4 rings (SSSR count). The maximum Gasteiger partial charge on any atom is 0.260 e. The second kappa shape index (κ2) is 7.97. The van der Waals surface area contributed by atoms with Crippen molar-refractivity contribution in [3.63, 3.8) is 0 Å². The number of hydrogen-bond acceptors (Lipinski definition) is 5. The van der Waals surface area contributed by atoms with E-state index in [-0.39, 0.29) is 17.1 Å². The van der Waals surface area contributed by atoms with Crippen LogP contribution in [-0.4, -0.2) is 21.5 Å². The van der Waals surface area contributed by atoms with Crippen LogP contribution in [-0.2, 0) is 0 Å². The van der Waals surface area contributed by atoms with Crippen LogP contribution < -0.4 is 5.56 Å². The van der Waals surface area contributed by atoms with Gasteiger partial charge in [-0.15, -0.1) is 11.3 Å². The Kier molecular flexibility index (Phi) is 5.39. The number of ketones is 1. The monoisotopic (exact) mass is 420 g/mol. The topological polar surface area (TPSA) is 62.8 Å². The first kappa shape index (κ1) is 19.6. The molecule has 0 aliphatic heterocycles. The minimum absolute atomic E-state index is 0.0215. The maximum atomic E-state index is 12.8. The molecule has 0 unspecified atom stereocenters. The number of Topliss-reactive ketones (excluding diaryl/α,β-unsaturated/α-hetero) is 1. The van der Waals surface area contributed by atoms with Gasteiger partial charge in [0.05, 0.1) is 11.1 Å². The molecule has 0 saturated heterocycles. The fourth-order valence-corrected chi connectivity index (χ4v) is 5.11. The van der Waals surface area contributed by atoms with E-state index in [1.54, 1.807) is 0 Å². The molecule has 29 heavy (non-hydrogen) atoms. The Balaban J connectivity index is 1.62. The zero-order valence-electron chi connectivity index (χ0n) is 16.4. The van der Waals surface area contributed by atoms with E-state index < -0.39 is 0 Å². The zero-order valence-corrected chi connectivity index (χ0v) is 18.0. The molecule has 1 N–H and O–H groups in total. The second-order valence-corrected chi connectivity index (χ2v) is 9.13. The number of nitrogens with zero attached hydrogens (tertiary/aromatic N) is 1. The summed E-state index contributed by atoms with van der Waals surface area (Å²) in [6.07, 6.45) is 0. The summed E-state index contributed by atoms with van der Waals surface area (Å²) in [6, 6.07) is 15.6. The summed E-state index contributed by atoms with van der Waals surface area (Å²) < 4.78 is 0. The highest BCUT2D eigenvalue weighted by atomic mass is 32.2. The number of aromatic amines is 1. The normalized spacial score (nSPS) is 11.1. The van der Waals surface area contributed by atoms with Crippen molar-refractivity contribution < 1.29 is 4.79 Å². The predicted molar refractivity (Wildman–Crippen MR) is 121 cm³/mol. The molecule has 2 aromatic carbocycles. The van der Waals surface area contributed by atoms with Gasteiger partial charge < -0.3 is 4.98 Å². The van der Waals surface area contributed by atoms with E-state index in [2.05, 4.69) is 9.97 Å². The first-order valence-electron chi connectivity index (χ1n) is 9.26. The van der Waals surface area contributed by atoms with E-state index in [0.717, 1.165) is 27.1 Å². The second-order valence-electron chi connectivity index (χ2n) is 6.96. The highest BCUT2D eigenvalue weighted by Gasteiger charge is 2.17. The average Bonchev–Trinajstić information content (AvgIpc) is 3.05. The Hall–Kier alpha value is -2.70. The number of rotatable bonds is 5. The number of thioether (sulfide) groups is 1.